The highest BCUT2D eigenvalue weighted by Gasteiger charge is 2.54. The van der Waals surface area contributed by atoms with Gasteiger partial charge in [-0.2, -0.15) is 0 Å². The van der Waals surface area contributed by atoms with E-state index in [1.54, 1.807) is 0 Å². The summed E-state index contributed by atoms with van der Waals surface area (Å²) in [6, 6.07) is 73.7. The number of benzene rings is 10. The Labute approximate surface area is 407 Å². The Morgan fingerprint density at radius 3 is 1.44 bits per heavy atom. The van der Waals surface area contributed by atoms with E-state index in [0.29, 0.717) is 0 Å². The van der Waals surface area contributed by atoms with Crippen molar-refractivity contribution < 1.29 is 8.83 Å². The molecule has 2 aliphatic rings. The molecule has 4 nitrogen and oxygen atoms in total. The highest BCUT2D eigenvalue weighted by Crippen LogP contribution is 2.68. The number of rotatable bonds is 6. The third kappa shape index (κ3) is 5.53. The summed E-state index contributed by atoms with van der Waals surface area (Å²) in [5, 5.41) is 4.29. The van der Waals surface area contributed by atoms with E-state index in [1.807, 2.05) is 0 Å². The molecule has 1 spiro atoms. The summed E-state index contributed by atoms with van der Waals surface area (Å²) in [6.07, 6.45) is 0. The van der Waals surface area contributed by atoms with Crippen LogP contribution in [0.3, 0.4) is 0 Å². The van der Waals surface area contributed by atoms with E-state index < -0.39 is 5.41 Å². The van der Waals surface area contributed by atoms with Crippen LogP contribution in [0, 0.1) is 34.6 Å². The molecule has 0 bridgehead atoms. The molecule has 0 radical (unpaired) electrons. The van der Waals surface area contributed by atoms with Crippen molar-refractivity contribution in [1.82, 2.24) is 0 Å². The molecular formula is C66H48N2O2. The van der Waals surface area contributed by atoms with E-state index in [4.69, 9.17) is 8.83 Å². The average Bonchev–Trinajstić information content (AvgIpc) is 4.13. The maximum atomic E-state index is 7.48. The van der Waals surface area contributed by atoms with Gasteiger partial charge in [0.05, 0.1) is 22.2 Å². The van der Waals surface area contributed by atoms with Crippen molar-refractivity contribution in [3.8, 4) is 22.3 Å². The summed E-state index contributed by atoms with van der Waals surface area (Å²) in [5.74, 6) is 0. The van der Waals surface area contributed by atoms with Gasteiger partial charge in [-0.1, -0.05) is 145 Å². The first kappa shape index (κ1) is 40.5. The number of furan rings is 2. The Morgan fingerprint density at radius 2 is 0.814 bits per heavy atom. The van der Waals surface area contributed by atoms with Crippen LogP contribution in [0.15, 0.2) is 209 Å². The molecule has 14 rings (SSSR count). The summed E-state index contributed by atoms with van der Waals surface area (Å²) >= 11 is 0. The quantitative estimate of drug-likeness (QED) is 0.166. The molecule has 12 aromatic rings. The number of fused-ring (bicyclic) bond motifs is 18. The number of nitrogens with zero attached hydrogens (tertiary/aromatic N) is 2. The van der Waals surface area contributed by atoms with Crippen molar-refractivity contribution in [1.29, 1.82) is 0 Å². The third-order valence-corrected chi connectivity index (χ3v) is 15.3. The Balaban J connectivity index is 1.23. The van der Waals surface area contributed by atoms with Crippen LogP contribution in [-0.2, 0) is 5.41 Å². The lowest BCUT2D eigenvalue weighted by Gasteiger charge is -2.34. The smallest absolute Gasteiger partial charge is 0.160 e. The zero-order valence-electron chi connectivity index (χ0n) is 39.8. The van der Waals surface area contributed by atoms with Gasteiger partial charge in [-0.3, -0.25) is 0 Å². The number of hydrogen-bond donors (Lipinski definition) is 0. The molecule has 0 saturated carbocycles. The van der Waals surface area contributed by atoms with Crippen LogP contribution < -0.4 is 9.80 Å². The van der Waals surface area contributed by atoms with Crippen LogP contribution in [0.25, 0.3) is 66.1 Å². The minimum atomic E-state index is -0.772. The highest BCUT2D eigenvalue weighted by atomic mass is 16.3. The standard InChI is InChI=1S/C66H48N2O2/c1-39-29-33-45(34-30-39)67(54-35-40(2)27-31-42(54)4)56-37-53-63(65-60(56)48-21-11-15-25-58(48)70-65)62-52(66(53)50-23-13-9-19-46(50)47-20-10-14-24-51(47)66)38-57(64-61(62)49-22-12-16-26-59(49)69-64)68(44-17-7-6-8-18-44)55-36-41(3)28-32-43(55)5/h6-38H,1-5H3. The molecule has 0 atom stereocenters. The second-order valence-corrected chi connectivity index (χ2v) is 19.5. The van der Waals surface area contributed by atoms with Gasteiger partial charge in [0.1, 0.15) is 16.7 Å². The van der Waals surface area contributed by atoms with Crippen molar-refractivity contribution in [2.45, 2.75) is 40.0 Å². The number of anilines is 6. The van der Waals surface area contributed by atoms with Crippen molar-refractivity contribution in [2.75, 3.05) is 9.80 Å². The van der Waals surface area contributed by atoms with E-state index in [0.717, 1.165) is 89.1 Å². The predicted molar refractivity (Wildman–Crippen MR) is 290 cm³/mol. The highest BCUT2D eigenvalue weighted by molar-refractivity contribution is 6.26. The Kier molecular flexibility index (Phi) is 8.64. The van der Waals surface area contributed by atoms with Gasteiger partial charge in [-0.05, 0) is 151 Å². The molecule has 0 N–H and O–H groups in total. The van der Waals surface area contributed by atoms with Crippen molar-refractivity contribution >= 4 is 78.0 Å². The van der Waals surface area contributed by atoms with Crippen LogP contribution in [-0.4, -0.2) is 0 Å². The molecule has 334 valence electrons. The van der Waals surface area contributed by atoms with Gasteiger partial charge in [0.15, 0.2) is 5.58 Å². The molecule has 2 aliphatic carbocycles. The third-order valence-electron chi connectivity index (χ3n) is 15.3. The van der Waals surface area contributed by atoms with Crippen LogP contribution in [0.4, 0.5) is 34.1 Å². The lowest BCUT2D eigenvalue weighted by molar-refractivity contribution is 0.668. The first-order chi connectivity index (χ1) is 34.3. The second-order valence-electron chi connectivity index (χ2n) is 19.5. The lowest BCUT2D eigenvalue weighted by atomic mass is 9.70. The summed E-state index contributed by atoms with van der Waals surface area (Å²) in [4.78, 5) is 4.92. The molecule has 0 amide bonds. The van der Waals surface area contributed by atoms with Gasteiger partial charge in [-0.25, -0.2) is 0 Å². The maximum absolute atomic E-state index is 7.48. The predicted octanol–water partition coefficient (Wildman–Crippen LogP) is 18.3. The maximum Gasteiger partial charge on any atom is 0.160 e. The van der Waals surface area contributed by atoms with Crippen LogP contribution in [0.1, 0.15) is 50.1 Å². The van der Waals surface area contributed by atoms with E-state index in [1.165, 1.54) is 61.2 Å². The van der Waals surface area contributed by atoms with E-state index in [9.17, 15) is 0 Å². The topological polar surface area (TPSA) is 32.8 Å². The van der Waals surface area contributed by atoms with Gasteiger partial charge in [0, 0.05) is 50.0 Å². The molecule has 4 heteroatoms. The molecule has 0 aliphatic heterocycles. The van der Waals surface area contributed by atoms with Gasteiger partial charge < -0.3 is 18.6 Å². The van der Waals surface area contributed by atoms with Gasteiger partial charge in [0.2, 0.25) is 0 Å². The summed E-state index contributed by atoms with van der Waals surface area (Å²) in [5.41, 5.74) is 24.6. The van der Waals surface area contributed by atoms with Crippen LogP contribution in [0.2, 0.25) is 0 Å². The molecule has 2 aromatic heterocycles. The number of para-hydroxylation sites is 3. The zero-order chi connectivity index (χ0) is 47.0. The van der Waals surface area contributed by atoms with Crippen molar-refractivity contribution in [2.24, 2.45) is 0 Å². The fourth-order valence-corrected chi connectivity index (χ4v) is 12.2. The molecular weight excluding hydrogens is 853 g/mol. The SMILES string of the molecule is Cc1ccc(N(c2cc(C)ccc2C)c2cc3c(c4oc5ccccc5c24)-c2c(cc(N(c4ccccc4)c4cc(C)ccc4C)c4oc5ccccc5c24)C32c3ccccc3-c3ccccc32)cc1. The minimum Gasteiger partial charge on any atom is -0.455 e. The van der Waals surface area contributed by atoms with E-state index >= 15 is 0 Å². The van der Waals surface area contributed by atoms with Gasteiger partial charge in [-0.15, -0.1) is 0 Å². The molecule has 70 heavy (non-hydrogen) atoms. The number of aryl methyl sites for hydroxylation is 5. The Bertz CT molecular complexity index is 4090. The monoisotopic (exact) mass is 900 g/mol. The lowest BCUT2D eigenvalue weighted by Crippen LogP contribution is -2.26. The van der Waals surface area contributed by atoms with Gasteiger partial charge in [0.25, 0.3) is 0 Å². The van der Waals surface area contributed by atoms with Crippen LogP contribution >= 0.6 is 0 Å². The first-order valence-corrected chi connectivity index (χ1v) is 24.3. The molecule has 0 saturated heterocycles. The summed E-state index contributed by atoms with van der Waals surface area (Å²) in [6.45, 7) is 11.0. The van der Waals surface area contributed by atoms with Crippen LogP contribution in [0.5, 0.6) is 0 Å². The molecule has 2 heterocycles. The second kappa shape index (κ2) is 14.9. The molecule has 0 unspecified atom stereocenters. The van der Waals surface area contributed by atoms with Crippen molar-refractivity contribution in [3.63, 3.8) is 0 Å². The number of hydrogen-bond acceptors (Lipinski definition) is 4. The van der Waals surface area contributed by atoms with Gasteiger partial charge >= 0.3 is 0 Å². The first-order valence-electron chi connectivity index (χ1n) is 24.3. The zero-order valence-corrected chi connectivity index (χ0v) is 39.8. The molecule has 10 aromatic carbocycles. The molecule has 0 fully saturated rings. The van der Waals surface area contributed by atoms with E-state index in [2.05, 4.69) is 245 Å². The summed E-state index contributed by atoms with van der Waals surface area (Å²) < 4.78 is 14.8. The Morgan fingerprint density at radius 1 is 0.343 bits per heavy atom. The Hall–Kier alpha value is -8.60. The fourth-order valence-electron chi connectivity index (χ4n) is 12.2. The largest absolute Gasteiger partial charge is 0.455 e. The average molecular weight is 901 g/mol. The normalized spacial score (nSPS) is 13.0. The fraction of sp³-hybridized carbons (Fsp3) is 0.0909. The van der Waals surface area contributed by atoms with E-state index in [-0.39, 0.29) is 0 Å². The summed E-state index contributed by atoms with van der Waals surface area (Å²) in [7, 11) is 0. The minimum absolute atomic E-state index is 0.772. The van der Waals surface area contributed by atoms with Crippen molar-refractivity contribution in [3.05, 3.63) is 250 Å².